The molecule has 0 bridgehead atoms. The van der Waals surface area contributed by atoms with Crippen molar-refractivity contribution in [1.82, 2.24) is 20.5 Å². The van der Waals surface area contributed by atoms with Gasteiger partial charge in [0.15, 0.2) is 0 Å². The van der Waals surface area contributed by atoms with Gasteiger partial charge < -0.3 is 5.32 Å². The second-order valence-corrected chi connectivity index (χ2v) is 4.97. The SMILES string of the molecule is Cc1ccc(NC(=O)N[C@H](C)Cc2cc(C)[nH]n2)nc1. The van der Waals surface area contributed by atoms with Crippen molar-refractivity contribution in [3.63, 3.8) is 0 Å². The molecule has 106 valence electrons. The van der Waals surface area contributed by atoms with Crippen LogP contribution >= 0.6 is 0 Å². The standard InChI is InChI=1S/C14H19N5O/c1-9-4-5-13(15-8-9)17-14(20)16-10(2)6-12-7-11(3)18-19-12/h4-5,7-8,10H,6H2,1-3H3,(H,18,19)(H2,15,16,17,20)/t10-/m1/s1. The normalized spacial score (nSPS) is 11.9. The van der Waals surface area contributed by atoms with Crippen LogP contribution in [-0.4, -0.2) is 27.3 Å². The van der Waals surface area contributed by atoms with Gasteiger partial charge in [-0.3, -0.25) is 10.4 Å². The Balaban J connectivity index is 1.83. The number of aromatic nitrogens is 3. The number of hydrogen-bond donors (Lipinski definition) is 3. The van der Waals surface area contributed by atoms with Gasteiger partial charge in [-0.1, -0.05) is 6.07 Å². The number of H-pyrrole nitrogens is 1. The maximum absolute atomic E-state index is 11.8. The monoisotopic (exact) mass is 273 g/mol. The number of nitrogens with zero attached hydrogens (tertiary/aromatic N) is 2. The van der Waals surface area contributed by atoms with Crippen molar-refractivity contribution in [2.75, 3.05) is 5.32 Å². The topological polar surface area (TPSA) is 82.7 Å². The van der Waals surface area contributed by atoms with Crippen LogP contribution in [-0.2, 0) is 6.42 Å². The van der Waals surface area contributed by atoms with Crippen LogP contribution in [0, 0.1) is 13.8 Å². The molecular formula is C14H19N5O. The van der Waals surface area contributed by atoms with Gasteiger partial charge in [0, 0.05) is 24.4 Å². The van der Waals surface area contributed by atoms with Gasteiger partial charge in [-0.05, 0) is 38.5 Å². The predicted octanol–water partition coefficient (Wildman–Crippen LogP) is 2.17. The van der Waals surface area contributed by atoms with Crippen LogP contribution < -0.4 is 10.6 Å². The molecule has 2 rings (SSSR count). The number of hydrogen-bond acceptors (Lipinski definition) is 3. The molecule has 2 aromatic heterocycles. The first-order valence-electron chi connectivity index (χ1n) is 6.54. The van der Waals surface area contributed by atoms with Gasteiger partial charge in [0.05, 0.1) is 5.69 Å². The lowest BCUT2D eigenvalue weighted by atomic mass is 10.2. The number of carbonyl (C=O) groups is 1. The van der Waals surface area contributed by atoms with Crippen LogP contribution in [0.15, 0.2) is 24.4 Å². The van der Waals surface area contributed by atoms with Crippen LogP contribution in [0.2, 0.25) is 0 Å². The first-order chi connectivity index (χ1) is 9.52. The van der Waals surface area contributed by atoms with E-state index in [-0.39, 0.29) is 12.1 Å². The molecule has 0 aliphatic heterocycles. The fourth-order valence-electron chi connectivity index (χ4n) is 1.86. The Morgan fingerprint density at radius 1 is 1.40 bits per heavy atom. The summed E-state index contributed by atoms with van der Waals surface area (Å²) in [6, 6.07) is 5.37. The summed E-state index contributed by atoms with van der Waals surface area (Å²) in [5.74, 6) is 0.538. The van der Waals surface area contributed by atoms with E-state index >= 15 is 0 Å². The highest BCUT2D eigenvalue weighted by Crippen LogP contribution is 2.05. The Kier molecular flexibility index (Phi) is 4.34. The van der Waals surface area contributed by atoms with Crippen molar-refractivity contribution >= 4 is 11.8 Å². The smallest absolute Gasteiger partial charge is 0.320 e. The van der Waals surface area contributed by atoms with Crippen molar-refractivity contribution in [2.45, 2.75) is 33.2 Å². The number of rotatable bonds is 4. The molecule has 0 aromatic carbocycles. The van der Waals surface area contributed by atoms with Crippen molar-refractivity contribution in [2.24, 2.45) is 0 Å². The number of anilines is 1. The summed E-state index contributed by atoms with van der Waals surface area (Å²) in [5, 5.41) is 12.6. The molecule has 0 fully saturated rings. The number of nitrogens with one attached hydrogen (secondary N) is 3. The molecule has 0 radical (unpaired) electrons. The van der Waals surface area contributed by atoms with Gasteiger partial charge in [0.25, 0.3) is 0 Å². The van der Waals surface area contributed by atoms with E-state index in [0.717, 1.165) is 17.0 Å². The van der Waals surface area contributed by atoms with Crippen molar-refractivity contribution < 1.29 is 4.79 Å². The lowest BCUT2D eigenvalue weighted by Gasteiger charge is -2.13. The summed E-state index contributed by atoms with van der Waals surface area (Å²) in [7, 11) is 0. The molecule has 20 heavy (non-hydrogen) atoms. The molecule has 2 heterocycles. The summed E-state index contributed by atoms with van der Waals surface area (Å²) in [6.45, 7) is 5.83. The number of aromatic amines is 1. The minimum Gasteiger partial charge on any atom is -0.335 e. The van der Waals surface area contributed by atoms with Gasteiger partial charge in [-0.2, -0.15) is 5.10 Å². The van der Waals surface area contributed by atoms with Gasteiger partial charge >= 0.3 is 6.03 Å². The number of amides is 2. The molecule has 1 atom stereocenters. The van der Waals surface area contributed by atoms with Crippen molar-refractivity contribution in [3.8, 4) is 0 Å². The van der Waals surface area contributed by atoms with E-state index in [1.54, 1.807) is 12.3 Å². The third-order valence-electron chi connectivity index (χ3n) is 2.80. The fourth-order valence-corrected chi connectivity index (χ4v) is 1.86. The van der Waals surface area contributed by atoms with Crippen molar-refractivity contribution in [1.29, 1.82) is 0 Å². The van der Waals surface area contributed by atoms with Crippen LogP contribution in [0.5, 0.6) is 0 Å². The van der Waals surface area contributed by atoms with E-state index in [1.165, 1.54) is 0 Å². The van der Waals surface area contributed by atoms with Gasteiger partial charge in [-0.25, -0.2) is 9.78 Å². The lowest BCUT2D eigenvalue weighted by molar-refractivity contribution is 0.249. The Morgan fingerprint density at radius 2 is 2.20 bits per heavy atom. The van der Waals surface area contributed by atoms with Crippen molar-refractivity contribution in [3.05, 3.63) is 41.3 Å². The number of urea groups is 1. The molecule has 0 aliphatic rings. The molecular weight excluding hydrogens is 254 g/mol. The highest BCUT2D eigenvalue weighted by atomic mass is 16.2. The van der Waals surface area contributed by atoms with Crippen LogP contribution in [0.3, 0.4) is 0 Å². The summed E-state index contributed by atoms with van der Waals surface area (Å²) in [5.41, 5.74) is 3.00. The molecule has 0 saturated heterocycles. The third kappa shape index (κ3) is 4.08. The molecule has 6 nitrogen and oxygen atoms in total. The van der Waals surface area contributed by atoms with E-state index in [9.17, 15) is 4.79 Å². The van der Waals surface area contributed by atoms with E-state index in [2.05, 4.69) is 25.8 Å². The maximum Gasteiger partial charge on any atom is 0.320 e. The summed E-state index contributed by atoms with van der Waals surface area (Å²) >= 11 is 0. The Hall–Kier alpha value is -2.37. The summed E-state index contributed by atoms with van der Waals surface area (Å²) in [4.78, 5) is 15.9. The van der Waals surface area contributed by atoms with Crippen LogP contribution in [0.4, 0.5) is 10.6 Å². The van der Waals surface area contributed by atoms with Gasteiger partial charge in [0.2, 0.25) is 0 Å². The second kappa shape index (κ2) is 6.18. The fraction of sp³-hybridized carbons (Fsp3) is 0.357. The lowest BCUT2D eigenvalue weighted by Crippen LogP contribution is -2.37. The average Bonchev–Trinajstić information content (AvgIpc) is 2.77. The minimum atomic E-state index is -0.263. The first kappa shape index (κ1) is 14.0. The van der Waals surface area contributed by atoms with E-state index in [0.29, 0.717) is 12.2 Å². The van der Waals surface area contributed by atoms with E-state index in [4.69, 9.17) is 0 Å². The first-order valence-corrected chi connectivity index (χ1v) is 6.54. The Bertz CT molecular complexity index is 576. The van der Waals surface area contributed by atoms with Gasteiger partial charge in [0.1, 0.15) is 5.82 Å². The molecule has 2 amide bonds. The highest BCUT2D eigenvalue weighted by Gasteiger charge is 2.10. The highest BCUT2D eigenvalue weighted by molar-refractivity contribution is 5.88. The summed E-state index contributed by atoms with van der Waals surface area (Å²) < 4.78 is 0. The molecule has 3 N–H and O–H groups in total. The molecule has 6 heteroatoms. The second-order valence-electron chi connectivity index (χ2n) is 4.97. The minimum absolute atomic E-state index is 0.0110. The molecule has 0 unspecified atom stereocenters. The molecule has 0 aliphatic carbocycles. The maximum atomic E-state index is 11.8. The Morgan fingerprint density at radius 3 is 2.80 bits per heavy atom. The zero-order valence-corrected chi connectivity index (χ0v) is 11.9. The van der Waals surface area contributed by atoms with E-state index < -0.39 is 0 Å². The number of aryl methyl sites for hydroxylation is 2. The summed E-state index contributed by atoms with van der Waals surface area (Å²) in [6.07, 6.45) is 2.39. The largest absolute Gasteiger partial charge is 0.335 e. The number of pyridine rings is 1. The average molecular weight is 273 g/mol. The Labute approximate surface area is 118 Å². The van der Waals surface area contributed by atoms with Gasteiger partial charge in [-0.15, -0.1) is 0 Å². The molecule has 0 spiro atoms. The van der Waals surface area contributed by atoms with E-state index in [1.807, 2.05) is 32.9 Å². The zero-order valence-electron chi connectivity index (χ0n) is 11.9. The molecule has 0 saturated carbocycles. The zero-order chi connectivity index (χ0) is 14.5. The van der Waals surface area contributed by atoms with Crippen LogP contribution in [0.25, 0.3) is 0 Å². The quantitative estimate of drug-likeness (QED) is 0.798. The predicted molar refractivity (Wildman–Crippen MR) is 77.6 cm³/mol. The molecule has 2 aromatic rings. The third-order valence-corrected chi connectivity index (χ3v) is 2.80. The van der Waals surface area contributed by atoms with Crippen LogP contribution in [0.1, 0.15) is 23.9 Å². The number of carbonyl (C=O) groups excluding carboxylic acids is 1.